The van der Waals surface area contributed by atoms with Crippen LogP contribution in [0.5, 0.6) is 0 Å². The van der Waals surface area contributed by atoms with Gasteiger partial charge in [-0.2, -0.15) is 30.1 Å². The molecule has 6 rings (SSSR count). The van der Waals surface area contributed by atoms with Crippen LogP contribution in [0.25, 0.3) is 5.65 Å². The van der Waals surface area contributed by atoms with Gasteiger partial charge in [-0.3, -0.25) is 14.6 Å². The van der Waals surface area contributed by atoms with Crippen molar-refractivity contribution >= 4 is 46.4 Å². The quantitative estimate of drug-likeness (QED) is 0.370. The lowest BCUT2D eigenvalue weighted by Crippen LogP contribution is -2.64. The Kier molecular flexibility index (Phi) is 6.56. The Bertz CT molecular complexity index is 1510. The molecule has 4 heterocycles. The number of nitrogens with zero attached hydrogens (tertiary/aromatic N) is 9. The first-order valence-electron chi connectivity index (χ1n) is 12.8. The molecule has 0 bridgehead atoms. The number of halogens is 1. The van der Waals surface area contributed by atoms with Gasteiger partial charge in [0.1, 0.15) is 11.6 Å². The minimum Gasteiger partial charge on any atom is -0.369 e. The predicted molar refractivity (Wildman–Crippen MR) is 145 cm³/mol. The van der Waals surface area contributed by atoms with E-state index in [2.05, 4.69) is 52.5 Å². The van der Waals surface area contributed by atoms with Crippen LogP contribution in [0.4, 0.5) is 23.3 Å². The number of likely N-dealkylation sites (tertiary alicyclic amines) is 1. The van der Waals surface area contributed by atoms with Crippen molar-refractivity contribution < 1.29 is 4.79 Å². The van der Waals surface area contributed by atoms with Gasteiger partial charge >= 0.3 is 0 Å². The third-order valence-electron chi connectivity index (χ3n) is 7.32. The van der Waals surface area contributed by atoms with E-state index in [-0.39, 0.29) is 11.9 Å². The van der Waals surface area contributed by atoms with E-state index < -0.39 is 0 Å². The second kappa shape index (κ2) is 10.2. The average molecular weight is 547 g/mol. The Morgan fingerprint density at radius 1 is 1.13 bits per heavy atom. The lowest BCUT2D eigenvalue weighted by molar-refractivity contribution is -0.121. The maximum atomic E-state index is 11.1. The number of fused-ring (bicyclic) bond motifs is 1. The highest BCUT2D eigenvalue weighted by atomic mass is 35.5. The lowest BCUT2D eigenvalue weighted by Gasteiger charge is -2.48. The molecule has 3 aromatic rings. The molecule has 0 spiro atoms. The van der Waals surface area contributed by atoms with Gasteiger partial charge in [-0.15, -0.1) is 0 Å². The van der Waals surface area contributed by atoms with Crippen LogP contribution in [0.3, 0.4) is 0 Å². The minimum atomic E-state index is -0.300. The number of amides is 1. The number of nitrogens with two attached hydrogens (primary N) is 1. The molecule has 0 radical (unpaired) electrons. The molecule has 1 amide bonds. The Balaban J connectivity index is 1.21. The second-order valence-electron chi connectivity index (χ2n) is 10.1. The van der Waals surface area contributed by atoms with E-state index in [1.54, 1.807) is 12.1 Å². The summed E-state index contributed by atoms with van der Waals surface area (Å²) >= 11 is 6.90. The van der Waals surface area contributed by atoms with Crippen LogP contribution >= 0.6 is 11.6 Å². The number of piperazine rings is 1. The highest BCUT2D eigenvalue weighted by Gasteiger charge is 2.34. The number of primary amides is 1. The van der Waals surface area contributed by atoms with Gasteiger partial charge in [0.05, 0.1) is 40.8 Å². The summed E-state index contributed by atoms with van der Waals surface area (Å²) in [5, 5.41) is 30.5. The molecule has 3 aliphatic rings. The van der Waals surface area contributed by atoms with Crippen molar-refractivity contribution in [3.05, 3.63) is 34.5 Å². The van der Waals surface area contributed by atoms with Crippen LogP contribution in [0, 0.1) is 22.7 Å². The monoisotopic (exact) mass is 546 g/mol. The first kappa shape index (κ1) is 25.1. The number of aromatic nitrogens is 4. The first-order chi connectivity index (χ1) is 18.9. The van der Waals surface area contributed by atoms with E-state index in [0.29, 0.717) is 52.1 Å². The number of carbonyl (C=O) groups is 1. The molecule has 1 aromatic carbocycles. The molecule has 2 saturated heterocycles. The molecular weight excluding hydrogens is 520 g/mol. The molecule has 2 aromatic heterocycles. The third kappa shape index (κ3) is 5.12. The van der Waals surface area contributed by atoms with E-state index in [1.807, 2.05) is 0 Å². The summed E-state index contributed by atoms with van der Waals surface area (Å²) in [6.45, 7) is 5.18. The number of hydrogen-bond acceptors (Lipinski definition) is 11. The summed E-state index contributed by atoms with van der Waals surface area (Å²) in [4.78, 5) is 26.9. The van der Waals surface area contributed by atoms with Crippen molar-refractivity contribution in [2.24, 2.45) is 5.73 Å². The standard InChI is InChI=1S/C25H27ClN12O/c26-22-19(32-24-33-23-16(10-28)11-30-38(23)25(34-24)31-17-1-2-17)7-15(9-27)8-20(22)37-5-3-36(4-6-37)18-12-35(13-18)14-21(29)39/h7-8,11,17-18H,1-6,12-14H2,(H2,29,39)(H2,31,32,33,34). The van der Waals surface area contributed by atoms with Crippen LogP contribution in [0.15, 0.2) is 18.3 Å². The van der Waals surface area contributed by atoms with Crippen LogP contribution in [0.2, 0.25) is 5.02 Å². The molecule has 39 heavy (non-hydrogen) atoms. The second-order valence-corrected chi connectivity index (χ2v) is 10.5. The van der Waals surface area contributed by atoms with Crippen molar-refractivity contribution in [3.8, 4) is 12.1 Å². The van der Waals surface area contributed by atoms with E-state index in [0.717, 1.165) is 57.8 Å². The van der Waals surface area contributed by atoms with Crippen LogP contribution in [-0.2, 0) is 4.79 Å². The summed E-state index contributed by atoms with van der Waals surface area (Å²) in [7, 11) is 0. The van der Waals surface area contributed by atoms with Gasteiger partial charge in [0, 0.05) is 51.4 Å². The van der Waals surface area contributed by atoms with Crippen molar-refractivity contribution in [1.29, 1.82) is 10.5 Å². The fourth-order valence-electron chi connectivity index (χ4n) is 5.08. The lowest BCUT2D eigenvalue weighted by atomic mass is 10.1. The summed E-state index contributed by atoms with van der Waals surface area (Å²) in [5.41, 5.74) is 7.75. The Morgan fingerprint density at radius 3 is 2.56 bits per heavy atom. The zero-order valence-electron chi connectivity index (χ0n) is 21.1. The van der Waals surface area contributed by atoms with Crippen LogP contribution in [0.1, 0.15) is 24.0 Å². The number of hydrogen-bond donors (Lipinski definition) is 3. The number of nitriles is 2. The number of carbonyl (C=O) groups excluding carboxylic acids is 1. The largest absolute Gasteiger partial charge is 0.369 e. The zero-order chi connectivity index (χ0) is 27.1. The number of rotatable bonds is 8. The molecule has 14 heteroatoms. The summed E-state index contributed by atoms with van der Waals surface area (Å²) in [6, 6.07) is 8.54. The molecule has 2 aliphatic heterocycles. The zero-order valence-corrected chi connectivity index (χ0v) is 21.9. The van der Waals surface area contributed by atoms with Gasteiger partial charge in [-0.05, 0) is 25.0 Å². The topological polar surface area (TPSA) is 168 Å². The van der Waals surface area contributed by atoms with E-state index in [4.69, 9.17) is 17.3 Å². The van der Waals surface area contributed by atoms with Crippen molar-refractivity contribution in [2.45, 2.75) is 24.9 Å². The molecule has 13 nitrogen and oxygen atoms in total. The molecular formula is C25H27ClN12O. The predicted octanol–water partition coefficient (Wildman–Crippen LogP) is 1.13. The fourth-order valence-corrected chi connectivity index (χ4v) is 5.36. The highest BCUT2D eigenvalue weighted by Crippen LogP contribution is 2.37. The van der Waals surface area contributed by atoms with E-state index in [9.17, 15) is 15.3 Å². The highest BCUT2D eigenvalue weighted by molar-refractivity contribution is 6.36. The molecule has 1 aliphatic carbocycles. The molecule has 0 unspecified atom stereocenters. The molecule has 200 valence electrons. The Hall–Kier alpha value is -4.17. The molecule has 3 fully saturated rings. The van der Waals surface area contributed by atoms with E-state index >= 15 is 0 Å². The van der Waals surface area contributed by atoms with Crippen LogP contribution < -0.4 is 21.3 Å². The van der Waals surface area contributed by atoms with Gasteiger partial charge < -0.3 is 21.3 Å². The smallest absolute Gasteiger partial charge is 0.232 e. The van der Waals surface area contributed by atoms with E-state index in [1.165, 1.54) is 10.7 Å². The van der Waals surface area contributed by atoms with Crippen molar-refractivity contribution in [2.75, 3.05) is 61.3 Å². The Morgan fingerprint density at radius 2 is 1.90 bits per heavy atom. The summed E-state index contributed by atoms with van der Waals surface area (Å²) in [6.07, 6.45) is 3.55. The molecule has 1 saturated carbocycles. The average Bonchev–Trinajstić information content (AvgIpc) is 3.63. The summed E-state index contributed by atoms with van der Waals surface area (Å²) in [5.74, 6) is 0.438. The van der Waals surface area contributed by atoms with Crippen LogP contribution in [-0.4, -0.2) is 93.2 Å². The SMILES string of the molecule is N#Cc1cc(Nc2nc(NC3CC3)n3ncc(C#N)c3n2)c(Cl)c(N2CCN(C3CN(CC(N)=O)C3)CC2)c1. The maximum Gasteiger partial charge on any atom is 0.232 e. The Labute approximate surface area is 229 Å². The van der Waals surface area contributed by atoms with Gasteiger partial charge in [0.2, 0.25) is 17.8 Å². The van der Waals surface area contributed by atoms with Crippen molar-refractivity contribution in [3.63, 3.8) is 0 Å². The fraction of sp³-hybridized carbons (Fsp3) is 0.440. The summed E-state index contributed by atoms with van der Waals surface area (Å²) < 4.78 is 1.52. The van der Waals surface area contributed by atoms with Gasteiger partial charge in [-0.25, -0.2) is 0 Å². The molecule has 4 N–H and O–H groups in total. The van der Waals surface area contributed by atoms with Crippen molar-refractivity contribution in [1.82, 2.24) is 29.4 Å². The third-order valence-corrected chi connectivity index (χ3v) is 7.71. The van der Waals surface area contributed by atoms with Gasteiger partial charge in [-0.1, -0.05) is 11.6 Å². The van der Waals surface area contributed by atoms with Gasteiger partial charge in [0.15, 0.2) is 5.65 Å². The first-order valence-corrected chi connectivity index (χ1v) is 13.2. The number of anilines is 4. The molecule has 0 atom stereocenters. The minimum absolute atomic E-state index is 0.251. The maximum absolute atomic E-state index is 11.1. The van der Waals surface area contributed by atoms with Gasteiger partial charge in [0.25, 0.3) is 0 Å². The number of nitrogens with one attached hydrogen (secondary N) is 2. The normalized spacial score (nSPS) is 18.4. The number of benzene rings is 1.